The van der Waals surface area contributed by atoms with Crippen molar-refractivity contribution in [1.29, 1.82) is 0 Å². The van der Waals surface area contributed by atoms with Crippen LogP contribution in [0.1, 0.15) is 38.3 Å². The summed E-state index contributed by atoms with van der Waals surface area (Å²) in [7, 11) is 0. The van der Waals surface area contributed by atoms with E-state index >= 15 is 0 Å². The Bertz CT molecular complexity index is 933. The molecule has 3 nitrogen and oxygen atoms in total. The lowest BCUT2D eigenvalue weighted by Gasteiger charge is -2.35. The number of benzene rings is 2. The number of fused-ring (bicyclic) bond motifs is 1. The number of anilines is 2. The molecule has 2 aliphatic rings. The maximum Gasteiger partial charge on any atom is 0.179 e. The van der Waals surface area contributed by atoms with Crippen molar-refractivity contribution in [3.8, 4) is 0 Å². The van der Waals surface area contributed by atoms with Crippen molar-refractivity contribution in [2.45, 2.75) is 32.7 Å². The SMILES string of the molecule is CC1(C)CC(=O)C2=C(C1)C(c1ccc(Cl)cc1Cl)Nc1ccccc1N2. The summed E-state index contributed by atoms with van der Waals surface area (Å²) < 4.78 is 0. The third kappa shape index (κ3) is 3.10. The summed E-state index contributed by atoms with van der Waals surface area (Å²) in [6, 6.07) is 13.3. The Morgan fingerprint density at radius 1 is 1.04 bits per heavy atom. The highest BCUT2D eigenvalue weighted by Crippen LogP contribution is 2.47. The van der Waals surface area contributed by atoms with Crippen molar-refractivity contribution < 1.29 is 4.79 Å². The van der Waals surface area contributed by atoms with Crippen LogP contribution in [0, 0.1) is 5.41 Å². The Kier molecular flexibility index (Phi) is 4.25. The molecule has 2 aromatic rings. The fraction of sp³-hybridized carbons (Fsp3) is 0.286. The molecular formula is C21H20Cl2N2O. The zero-order valence-corrected chi connectivity index (χ0v) is 16.2. The standard InChI is InChI=1S/C21H20Cl2N2O/c1-21(2)10-14-19(13-8-7-12(22)9-15(13)23)24-16-5-3-4-6-17(16)25-20(14)18(26)11-21/h3-9,19,24-25H,10-11H2,1-2H3. The van der Waals surface area contributed by atoms with Crippen molar-refractivity contribution in [3.05, 3.63) is 69.3 Å². The number of hydrogen-bond acceptors (Lipinski definition) is 3. The van der Waals surface area contributed by atoms with Gasteiger partial charge in [-0.2, -0.15) is 0 Å². The van der Waals surface area contributed by atoms with Crippen molar-refractivity contribution in [3.63, 3.8) is 0 Å². The number of halogens is 2. The predicted molar refractivity (Wildman–Crippen MR) is 108 cm³/mol. The number of ketones is 1. The molecular weight excluding hydrogens is 367 g/mol. The van der Waals surface area contributed by atoms with Crippen molar-refractivity contribution in [2.75, 3.05) is 10.6 Å². The Labute approximate surface area is 163 Å². The number of Topliss-reactive ketones (excluding diaryl/α,β-unsaturated/α-hetero) is 1. The van der Waals surface area contributed by atoms with E-state index in [4.69, 9.17) is 23.2 Å². The number of carbonyl (C=O) groups is 1. The van der Waals surface area contributed by atoms with Gasteiger partial charge in [-0.3, -0.25) is 4.79 Å². The molecule has 1 unspecified atom stereocenters. The molecule has 1 heterocycles. The molecule has 4 rings (SSSR count). The molecule has 134 valence electrons. The summed E-state index contributed by atoms with van der Waals surface area (Å²) in [5.74, 6) is 0.143. The van der Waals surface area contributed by atoms with Gasteiger partial charge >= 0.3 is 0 Å². The van der Waals surface area contributed by atoms with Gasteiger partial charge in [0, 0.05) is 16.5 Å². The maximum atomic E-state index is 12.9. The average molecular weight is 387 g/mol. The molecule has 0 fully saturated rings. The van der Waals surface area contributed by atoms with Gasteiger partial charge in [0.25, 0.3) is 0 Å². The van der Waals surface area contributed by atoms with Crippen LogP contribution in [0.2, 0.25) is 10.0 Å². The molecule has 1 aliphatic carbocycles. The summed E-state index contributed by atoms with van der Waals surface area (Å²) in [6.07, 6.45) is 1.34. The van der Waals surface area contributed by atoms with Crippen molar-refractivity contribution >= 4 is 40.4 Å². The molecule has 0 bridgehead atoms. The molecule has 1 aliphatic heterocycles. The number of rotatable bonds is 1. The van der Waals surface area contributed by atoms with Gasteiger partial charge in [-0.15, -0.1) is 0 Å². The maximum absolute atomic E-state index is 12.9. The second kappa shape index (κ2) is 6.33. The van der Waals surface area contributed by atoms with Crippen molar-refractivity contribution in [1.82, 2.24) is 0 Å². The van der Waals surface area contributed by atoms with Gasteiger partial charge in [0.2, 0.25) is 0 Å². The quantitative estimate of drug-likeness (QED) is 0.611. The highest BCUT2D eigenvalue weighted by atomic mass is 35.5. The summed E-state index contributed by atoms with van der Waals surface area (Å²) in [5.41, 5.74) is 4.42. The van der Waals surface area contributed by atoms with E-state index in [0.717, 1.165) is 28.9 Å². The summed E-state index contributed by atoms with van der Waals surface area (Å²) in [4.78, 5) is 12.9. The number of hydrogen-bond donors (Lipinski definition) is 2. The van der Waals surface area contributed by atoms with E-state index in [0.29, 0.717) is 22.2 Å². The van der Waals surface area contributed by atoms with Crippen LogP contribution in [0.25, 0.3) is 0 Å². The lowest BCUT2D eigenvalue weighted by molar-refractivity contribution is -0.118. The van der Waals surface area contributed by atoms with Gasteiger partial charge < -0.3 is 10.6 Å². The van der Waals surface area contributed by atoms with Gasteiger partial charge in [0.1, 0.15) is 0 Å². The van der Waals surface area contributed by atoms with E-state index in [-0.39, 0.29) is 17.2 Å². The minimum Gasteiger partial charge on any atom is -0.373 e. The highest BCUT2D eigenvalue weighted by Gasteiger charge is 2.38. The monoisotopic (exact) mass is 386 g/mol. The van der Waals surface area contributed by atoms with Crippen LogP contribution in [-0.2, 0) is 4.79 Å². The Hall–Kier alpha value is -1.97. The topological polar surface area (TPSA) is 41.1 Å². The molecule has 0 saturated heterocycles. The van der Waals surface area contributed by atoms with Crippen LogP contribution in [0.3, 0.4) is 0 Å². The van der Waals surface area contributed by atoms with E-state index in [1.54, 1.807) is 6.07 Å². The molecule has 0 radical (unpaired) electrons. The summed E-state index contributed by atoms with van der Waals surface area (Å²) >= 11 is 12.6. The second-order valence-electron chi connectivity index (χ2n) is 7.75. The third-order valence-corrected chi connectivity index (χ3v) is 5.58. The molecule has 5 heteroatoms. The normalized spacial score (nSPS) is 21.2. The molecule has 2 aromatic carbocycles. The lowest BCUT2D eigenvalue weighted by Crippen LogP contribution is -2.31. The fourth-order valence-electron chi connectivity index (χ4n) is 3.86. The molecule has 0 amide bonds. The van der Waals surface area contributed by atoms with Gasteiger partial charge in [-0.1, -0.05) is 55.2 Å². The fourth-order valence-corrected chi connectivity index (χ4v) is 4.38. The molecule has 0 saturated carbocycles. The minimum absolute atomic E-state index is 0.0903. The first-order valence-corrected chi connectivity index (χ1v) is 9.43. The summed E-state index contributed by atoms with van der Waals surface area (Å²) in [5, 5.41) is 8.16. The van der Waals surface area contributed by atoms with Crippen LogP contribution < -0.4 is 10.6 Å². The largest absolute Gasteiger partial charge is 0.373 e. The number of para-hydroxylation sites is 2. The first kappa shape index (κ1) is 17.4. The van der Waals surface area contributed by atoms with Crippen LogP contribution in [0.15, 0.2) is 53.7 Å². The van der Waals surface area contributed by atoms with Crippen LogP contribution in [0.4, 0.5) is 11.4 Å². The Morgan fingerprint density at radius 2 is 1.77 bits per heavy atom. The average Bonchev–Trinajstić information content (AvgIpc) is 2.71. The Balaban J connectivity index is 1.91. The third-order valence-electron chi connectivity index (χ3n) is 5.02. The van der Waals surface area contributed by atoms with Gasteiger partial charge in [-0.05, 0) is 47.2 Å². The van der Waals surface area contributed by atoms with E-state index in [2.05, 4.69) is 24.5 Å². The zero-order chi connectivity index (χ0) is 18.5. The van der Waals surface area contributed by atoms with Gasteiger partial charge in [0.15, 0.2) is 5.78 Å². The first-order valence-electron chi connectivity index (χ1n) is 8.68. The smallest absolute Gasteiger partial charge is 0.179 e. The van der Waals surface area contributed by atoms with Gasteiger partial charge in [-0.25, -0.2) is 0 Å². The molecule has 0 aromatic heterocycles. The van der Waals surface area contributed by atoms with Crippen molar-refractivity contribution in [2.24, 2.45) is 5.41 Å². The second-order valence-corrected chi connectivity index (χ2v) is 8.60. The van der Waals surface area contributed by atoms with Gasteiger partial charge in [0.05, 0.1) is 23.1 Å². The predicted octanol–water partition coefficient (Wildman–Crippen LogP) is 6.22. The molecule has 2 N–H and O–H groups in total. The van der Waals surface area contributed by atoms with Crippen LogP contribution in [0.5, 0.6) is 0 Å². The Morgan fingerprint density at radius 3 is 2.50 bits per heavy atom. The lowest BCUT2D eigenvalue weighted by atomic mass is 9.73. The first-order chi connectivity index (χ1) is 12.3. The number of allylic oxidation sites excluding steroid dienone is 1. The number of nitrogens with one attached hydrogen (secondary N) is 2. The van der Waals surface area contributed by atoms with E-state index in [1.807, 2.05) is 36.4 Å². The minimum atomic E-state index is -0.186. The molecule has 26 heavy (non-hydrogen) atoms. The van der Waals surface area contributed by atoms with E-state index < -0.39 is 0 Å². The van der Waals surface area contributed by atoms with E-state index in [1.165, 1.54) is 0 Å². The van der Waals surface area contributed by atoms with E-state index in [9.17, 15) is 4.79 Å². The molecule has 1 atom stereocenters. The zero-order valence-electron chi connectivity index (χ0n) is 14.7. The molecule has 0 spiro atoms. The highest BCUT2D eigenvalue weighted by molar-refractivity contribution is 6.35. The van der Waals surface area contributed by atoms with Crippen LogP contribution >= 0.6 is 23.2 Å². The number of carbonyl (C=O) groups excluding carboxylic acids is 1. The van der Waals surface area contributed by atoms with Crippen LogP contribution in [-0.4, -0.2) is 5.78 Å². The summed E-state index contributed by atoms with van der Waals surface area (Å²) in [6.45, 7) is 4.26.